The number of nitrogens with two attached hydrogens (primary N) is 1. The normalized spacial score (nSPS) is 19.0. The fourth-order valence-electron chi connectivity index (χ4n) is 3.06. The number of aliphatic hydroxyl groups is 1. The highest BCUT2D eigenvalue weighted by Gasteiger charge is 2.30. The van der Waals surface area contributed by atoms with Gasteiger partial charge in [0, 0.05) is 35.5 Å². The number of methoxy groups -OCH3 is 1. The number of halogens is 2. The van der Waals surface area contributed by atoms with E-state index in [4.69, 9.17) is 22.1 Å². The summed E-state index contributed by atoms with van der Waals surface area (Å²) in [6, 6.07) is 8.31. The third-order valence-corrected chi connectivity index (χ3v) is 6.36. The summed E-state index contributed by atoms with van der Waals surface area (Å²) in [4.78, 5) is 4.17. The van der Waals surface area contributed by atoms with Crippen LogP contribution < -0.4 is 16.4 Å². The maximum absolute atomic E-state index is 13.8. The second-order valence-electron chi connectivity index (χ2n) is 6.47. The van der Waals surface area contributed by atoms with Crippen LogP contribution in [0.4, 0.5) is 4.39 Å². The Morgan fingerprint density at radius 1 is 1.39 bits per heavy atom. The number of aromatic amines is 1. The van der Waals surface area contributed by atoms with E-state index in [9.17, 15) is 9.50 Å². The van der Waals surface area contributed by atoms with Crippen LogP contribution in [0.2, 0.25) is 5.02 Å². The minimum Gasteiger partial charge on any atom is -0.391 e. The first-order valence-corrected chi connectivity index (χ1v) is 10.1. The Kier molecular flexibility index (Phi) is 7.03. The molecule has 0 spiro atoms. The first-order chi connectivity index (χ1) is 13.5. The van der Waals surface area contributed by atoms with E-state index in [1.807, 2.05) is 19.1 Å². The van der Waals surface area contributed by atoms with Crippen LogP contribution in [-0.4, -0.2) is 41.8 Å². The van der Waals surface area contributed by atoms with E-state index in [1.165, 1.54) is 12.1 Å². The molecule has 3 unspecified atom stereocenters. The molecule has 9 heteroatoms. The Labute approximate surface area is 172 Å². The number of rotatable bonds is 8. The zero-order valence-corrected chi connectivity index (χ0v) is 17.2. The summed E-state index contributed by atoms with van der Waals surface area (Å²) in [7, 11) is 1.60. The molecule has 3 atom stereocenters. The van der Waals surface area contributed by atoms with E-state index < -0.39 is 12.0 Å². The number of ether oxygens (including phenoxy) is 1. The number of thioether (sulfide) groups is 1. The lowest BCUT2D eigenvalue weighted by Gasteiger charge is -2.28. The SMILES string of the molecule is COC(NC(CN)C1NC(C)=C(CO)S1)c1ccc(-c2ccc(Cl)c(F)c2)[nH]1. The van der Waals surface area contributed by atoms with E-state index in [2.05, 4.69) is 15.6 Å². The van der Waals surface area contributed by atoms with Gasteiger partial charge in [0.2, 0.25) is 0 Å². The Balaban J connectivity index is 1.73. The maximum atomic E-state index is 13.8. The summed E-state index contributed by atoms with van der Waals surface area (Å²) >= 11 is 7.32. The lowest BCUT2D eigenvalue weighted by atomic mass is 10.1. The van der Waals surface area contributed by atoms with Crippen LogP contribution in [0.5, 0.6) is 0 Å². The number of nitrogens with one attached hydrogen (secondary N) is 3. The molecule has 6 nitrogen and oxygen atoms in total. The molecule has 152 valence electrons. The Bertz CT molecular complexity index is 860. The van der Waals surface area contributed by atoms with E-state index in [0.29, 0.717) is 12.1 Å². The van der Waals surface area contributed by atoms with Crippen LogP contribution in [0.25, 0.3) is 11.3 Å². The van der Waals surface area contributed by atoms with Gasteiger partial charge in [-0.15, -0.1) is 0 Å². The van der Waals surface area contributed by atoms with Gasteiger partial charge in [-0.25, -0.2) is 4.39 Å². The third kappa shape index (κ3) is 4.53. The average Bonchev–Trinajstić information content (AvgIpc) is 3.32. The fourth-order valence-corrected chi connectivity index (χ4v) is 4.38. The zero-order valence-electron chi connectivity index (χ0n) is 15.6. The molecule has 0 fully saturated rings. The molecular formula is C19H24ClFN4O2S. The molecule has 1 aliphatic rings. The largest absolute Gasteiger partial charge is 0.391 e. The first kappa shape index (κ1) is 21.2. The number of allylic oxidation sites excluding steroid dienone is 1. The van der Waals surface area contributed by atoms with Crippen LogP contribution in [0.1, 0.15) is 18.8 Å². The van der Waals surface area contributed by atoms with Crippen LogP contribution in [-0.2, 0) is 4.74 Å². The van der Waals surface area contributed by atoms with Crippen molar-refractivity contribution in [3.8, 4) is 11.3 Å². The Morgan fingerprint density at radius 3 is 2.79 bits per heavy atom. The Morgan fingerprint density at radius 2 is 2.18 bits per heavy atom. The highest BCUT2D eigenvalue weighted by molar-refractivity contribution is 8.04. The summed E-state index contributed by atoms with van der Waals surface area (Å²) in [6.07, 6.45) is -0.430. The number of hydrogen-bond donors (Lipinski definition) is 5. The van der Waals surface area contributed by atoms with Crippen molar-refractivity contribution in [1.29, 1.82) is 0 Å². The second-order valence-corrected chi connectivity index (χ2v) is 8.11. The standard InChI is InChI=1S/C19H24ClFN4O2S/c1-10-17(9-26)28-19(23-10)16(8-22)25-18(27-2)15-6-5-14(24-15)11-3-4-12(20)13(21)7-11/h3-7,16,18-19,23-26H,8-9,22H2,1-2H3. The fraction of sp³-hybridized carbons (Fsp3) is 0.368. The molecule has 2 heterocycles. The lowest BCUT2D eigenvalue weighted by molar-refractivity contribution is 0.0595. The van der Waals surface area contributed by atoms with E-state index in [-0.39, 0.29) is 23.0 Å². The molecule has 0 aliphatic carbocycles. The second kappa shape index (κ2) is 9.30. The van der Waals surface area contributed by atoms with Gasteiger partial charge in [-0.05, 0) is 31.2 Å². The molecule has 0 saturated carbocycles. The highest BCUT2D eigenvalue weighted by atomic mass is 35.5. The Hall–Kier alpha value is -1.55. The predicted octanol–water partition coefficient (Wildman–Crippen LogP) is 2.92. The number of aliphatic hydroxyl groups excluding tert-OH is 1. The number of aromatic nitrogens is 1. The molecule has 0 radical (unpaired) electrons. The van der Waals surface area contributed by atoms with E-state index in [1.54, 1.807) is 24.9 Å². The van der Waals surface area contributed by atoms with Crippen LogP contribution in [0.15, 0.2) is 40.9 Å². The molecule has 28 heavy (non-hydrogen) atoms. The molecule has 0 amide bonds. The van der Waals surface area contributed by atoms with Gasteiger partial charge in [0.1, 0.15) is 12.0 Å². The van der Waals surface area contributed by atoms with Crippen molar-refractivity contribution in [3.63, 3.8) is 0 Å². The summed E-state index contributed by atoms with van der Waals surface area (Å²) in [5.41, 5.74) is 9.18. The number of benzene rings is 1. The molecule has 0 saturated heterocycles. The molecular weight excluding hydrogens is 403 g/mol. The number of hydrogen-bond acceptors (Lipinski definition) is 6. The van der Waals surface area contributed by atoms with Gasteiger partial charge in [-0.3, -0.25) is 5.32 Å². The monoisotopic (exact) mass is 426 g/mol. The maximum Gasteiger partial charge on any atom is 0.149 e. The summed E-state index contributed by atoms with van der Waals surface area (Å²) < 4.78 is 19.4. The summed E-state index contributed by atoms with van der Waals surface area (Å²) in [5.74, 6) is -0.466. The summed E-state index contributed by atoms with van der Waals surface area (Å²) in [6.45, 7) is 2.32. The first-order valence-electron chi connectivity index (χ1n) is 8.83. The van der Waals surface area contributed by atoms with Gasteiger partial charge < -0.3 is 25.9 Å². The van der Waals surface area contributed by atoms with E-state index >= 15 is 0 Å². The van der Waals surface area contributed by atoms with Crippen molar-refractivity contribution >= 4 is 23.4 Å². The predicted molar refractivity (Wildman–Crippen MR) is 111 cm³/mol. The van der Waals surface area contributed by atoms with Crippen molar-refractivity contribution in [2.45, 2.75) is 24.6 Å². The van der Waals surface area contributed by atoms with Crippen LogP contribution >= 0.6 is 23.4 Å². The van der Waals surface area contributed by atoms with Gasteiger partial charge in [0.15, 0.2) is 0 Å². The summed E-state index contributed by atoms with van der Waals surface area (Å²) in [5, 5.41) is 16.3. The van der Waals surface area contributed by atoms with E-state index in [0.717, 1.165) is 22.0 Å². The van der Waals surface area contributed by atoms with Gasteiger partial charge in [0.05, 0.1) is 28.7 Å². The van der Waals surface area contributed by atoms with Crippen LogP contribution in [0, 0.1) is 5.82 Å². The van der Waals surface area contributed by atoms with Crippen LogP contribution in [0.3, 0.4) is 0 Å². The van der Waals surface area contributed by atoms with Gasteiger partial charge >= 0.3 is 0 Å². The minimum atomic E-state index is -0.466. The van der Waals surface area contributed by atoms with Crippen molar-refractivity contribution < 1.29 is 14.2 Å². The third-order valence-electron chi connectivity index (χ3n) is 4.63. The molecule has 1 aromatic carbocycles. The van der Waals surface area contributed by atoms with Crippen molar-refractivity contribution in [2.24, 2.45) is 5.73 Å². The molecule has 6 N–H and O–H groups in total. The zero-order chi connectivity index (χ0) is 20.3. The molecule has 3 rings (SSSR count). The quantitative estimate of drug-likeness (QED) is 0.416. The average molecular weight is 427 g/mol. The smallest absolute Gasteiger partial charge is 0.149 e. The van der Waals surface area contributed by atoms with Gasteiger partial charge in [-0.2, -0.15) is 0 Å². The minimum absolute atomic E-state index is 0.00262. The van der Waals surface area contributed by atoms with Gasteiger partial charge in [0.25, 0.3) is 0 Å². The topological polar surface area (TPSA) is 95.3 Å². The molecule has 1 aliphatic heterocycles. The molecule has 2 aromatic rings. The van der Waals surface area contributed by atoms with Gasteiger partial charge in [-0.1, -0.05) is 29.4 Å². The highest BCUT2D eigenvalue weighted by Crippen LogP contribution is 2.32. The molecule has 0 bridgehead atoms. The molecule has 1 aromatic heterocycles. The van der Waals surface area contributed by atoms with Crippen molar-refractivity contribution in [1.82, 2.24) is 15.6 Å². The van der Waals surface area contributed by atoms with Crippen molar-refractivity contribution in [2.75, 3.05) is 20.3 Å². The lowest BCUT2D eigenvalue weighted by Crippen LogP contribution is -2.49. The number of H-pyrrole nitrogens is 1. The van der Waals surface area contributed by atoms with Crippen molar-refractivity contribution in [3.05, 3.63) is 57.5 Å².